The van der Waals surface area contributed by atoms with Crippen LogP contribution in [0.3, 0.4) is 0 Å². The number of nitrogens with zero attached hydrogens (tertiary/aromatic N) is 1. The summed E-state index contributed by atoms with van der Waals surface area (Å²) in [5, 5.41) is 3.23. The molecule has 1 N–H and O–H groups in total. The normalized spacial score (nSPS) is 11.0. The lowest BCUT2D eigenvalue weighted by atomic mass is 10.1. The minimum atomic E-state index is -0.151. The summed E-state index contributed by atoms with van der Waals surface area (Å²) in [7, 11) is 0. The van der Waals surface area contributed by atoms with Gasteiger partial charge >= 0.3 is 0 Å². The molecule has 0 unspecified atom stereocenters. The second-order valence-corrected chi connectivity index (χ2v) is 4.89. The van der Waals surface area contributed by atoms with Gasteiger partial charge in [-0.05, 0) is 50.6 Å². The van der Waals surface area contributed by atoms with Gasteiger partial charge in [-0.1, -0.05) is 13.8 Å². The van der Waals surface area contributed by atoms with Crippen molar-refractivity contribution < 1.29 is 4.39 Å². The lowest BCUT2D eigenvalue weighted by Crippen LogP contribution is -2.31. The number of benzene rings is 1. The zero-order chi connectivity index (χ0) is 13.5. The average Bonchev–Trinajstić information content (AvgIpc) is 2.32. The Labute approximate surface area is 110 Å². The summed E-state index contributed by atoms with van der Waals surface area (Å²) in [6.45, 7) is 11.1. The molecule has 1 rings (SSSR count). The van der Waals surface area contributed by atoms with Crippen molar-refractivity contribution in [1.82, 2.24) is 5.32 Å². The standard InChI is InChI=1S/C15H25FN2/c1-5-7-18(12(3)4)15-9-13(11-17-6-2)8-14(16)10-15/h8-10,12,17H,5-7,11H2,1-4H3. The molecule has 0 radical (unpaired) electrons. The number of hydrogen-bond donors (Lipinski definition) is 1. The largest absolute Gasteiger partial charge is 0.369 e. The summed E-state index contributed by atoms with van der Waals surface area (Å²) in [5.74, 6) is -0.151. The van der Waals surface area contributed by atoms with Crippen LogP contribution in [-0.4, -0.2) is 19.1 Å². The van der Waals surface area contributed by atoms with Crippen molar-refractivity contribution in [2.45, 2.75) is 46.7 Å². The zero-order valence-electron chi connectivity index (χ0n) is 12.0. The van der Waals surface area contributed by atoms with Gasteiger partial charge in [0.25, 0.3) is 0 Å². The van der Waals surface area contributed by atoms with Gasteiger partial charge in [0.15, 0.2) is 0 Å². The highest BCUT2D eigenvalue weighted by Gasteiger charge is 2.11. The summed E-state index contributed by atoms with van der Waals surface area (Å²) < 4.78 is 13.7. The Morgan fingerprint density at radius 1 is 1.22 bits per heavy atom. The predicted molar refractivity (Wildman–Crippen MR) is 76.6 cm³/mol. The first-order valence-electron chi connectivity index (χ1n) is 6.85. The summed E-state index contributed by atoms with van der Waals surface area (Å²) in [6.07, 6.45) is 1.07. The smallest absolute Gasteiger partial charge is 0.125 e. The first-order chi connectivity index (χ1) is 8.58. The van der Waals surface area contributed by atoms with Crippen molar-refractivity contribution in [3.05, 3.63) is 29.6 Å². The van der Waals surface area contributed by atoms with E-state index in [0.717, 1.165) is 37.3 Å². The molecule has 0 heterocycles. The van der Waals surface area contributed by atoms with E-state index < -0.39 is 0 Å². The average molecular weight is 252 g/mol. The fourth-order valence-electron chi connectivity index (χ4n) is 2.10. The van der Waals surface area contributed by atoms with Gasteiger partial charge in [0.05, 0.1) is 0 Å². The van der Waals surface area contributed by atoms with E-state index in [1.165, 1.54) is 0 Å². The fraction of sp³-hybridized carbons (Fsp3) is 0.600. The van der Waals surface area contributed by atoms with E-state index in [0.29, 0.717) is 6.04 Å². The highest BCUT2D eigenvalue weighted by molar-refractivity contribution is 5.49. The second-order valence-electron chi connectivity index (χ2n) is 4.89. The van der Waals surface area contributed by atoms with Crippen LogP contribution in [0.4, 0.5) is 10.1 Å². The molecule has 0 amide bonds. The molecule has 0 spiro atoms. The second kappa shape index (κ2) is 7.37. The fourth-order valence-corrected chi connectivity index (χ4v) is 2.10. The summed E-state index contributed by atoms with van der Waals surface area (Å²) >= 11 is 0. The maximum Gasteiger partial charge on any atom is 0.125 e. The molecule has 0 atom stereocenters. The molecule has 0 aromatic heterocycles. The first kappa shape index (κ1) is 15.0. The molecule has 18 heavy (non-hydrogen) atoms. The van der Waals surface area contributed by atoms with Crippen LogP contribution in [0.2, 0.25) is 0 Å². The Bertz CT molecular complexity index is 364. The molecule has 1 aromatic carbocycles. The lowest BCUT2D eigenvalue weighted by molar-refractivity contribution is 0.615. The number of rotatable bonds is 7. The Kier molecular flexibility index (Phi) is 6.13. The maximum absolute atomic E-state index is 13.7. The number of hydrogen-bond acceptors (Lipinski definition) is 2. The molecule has 0 aliphatic heterocycles. The molecule has 0 aliphatic carbocycles. The Morgan fingerprint density at radius 3 is 2.50 bits per heavy atom. The molecule has 2 nitrogen and oxygen atoms in total. The van der Waals surface area contributed by atoms with Gasteiger partial charge < -0.3 is 10.2 Å². The highest BCUT2D eigenvalue weighted by atomic mass is 19.1. The van der Waals surface area contributed by atoms with E-state index in [2.05, 4.69) is 44.0 Å². The molecule has 3 heteroatoms. The number of halogens is 1. The molecule has 0 fully saturated rings. The van der Waals surface area contributed by atoms with Crippen LogP contribution in [0, 0.1) is 5.82 Å². The molecular weight excluding hydrogens is 227 g/mol. The van der Waals surface area contributed by atoms with Crippen molar-refractivity contribution >= 4 is 5.69 Å². The van der Waals surface area contributed by atoms with Crippen molar-refractivity contribution in [3.63, 3.8) is 0 Å². The monoisotopic (exact) mass is 252 g/mol. The minimum Gasteiger partial charge on any atom is -0.369 e. The molecule has 0 saturated heterocycles. The van der Waals surface area contributed by atoms with Gasteiger partial charge in [-0.15, -0.1) is 0 Å². The van der Waals surface area contributed by atoms with Crippen LogP contribution in [-0.2, 0) is 6.54 Å². The molecule has 1 aromatic rings. The van der Waals surface area contributed by atoms with Gasteiger partial charge in [-0.25, -0.2) is 4.39 Å². The summed E-state index contributed by atoms with van der Waals surface area (Å²) in [5.41, 5.74) is 1.99. The minimum absolute atomic E-state index is 0.151. The van der Waals surface area contributed by atoms with Crippen molar-refractivity contribution in [2.75, 3.05) is 18.0 Å². The Balaban J connectivity index is 2.95. The van der Waals surface area contributed by atoms with Crippen molar-refractivity contribution in [1.29, 1.82) is 0 Å². The van der Waals surface area contributed by atoms with Crippen molar-refractivity contribution in [2.24, 2.45) is 0 Å². The third-order valence-electron chi connectivity index (χ3n) is 2.94. The van der Waals surface area contributed by atoms with E-state index >= 15 is 0 Å². The van der Waals surface area contributed by atoms with Gasteiger partial charge in [0, 0.05) is 24.8 Å². The van der Waals surface area contributed by atoms with Crippen LogP contribution in [0.25, 0.3) is 0 Å². The van der Waals surface area contributed by atoms with E-state index in [1.54, 1.807) is 12.1 Å². The van der Waals surface area contributed by atoms with E-state index in [4.69, 9.17) is 0 Å². The van der Waals surface area contributed by atoms with Crippen LogP contribution in [0.1, 0.15) is 39.7 Å². The van der Waals surface area contributed by atoms with Crippen molar-refractivity contribution in [3.8, 4) is 0 Å². The zero-order valence-corrected chi connectivity index (χ0v) is 12.0. The summed E-state index contributed by atoms with van der Waals surface area (Å²) in [4.78, 5) is 2.25. The number of anilines is 1. The highest BCUT2D eigenvalue weighted by Crippen LogP contribution is 2.21. The molecule has 0 bridgehead atoms. The lowest BCUT2D eigenvalue weighted by Gasteiger charge is -2.29. The van der Waals surface area contributed by atoms with Gasteiger partial charge in [-0.2, -0.15) is 0 Å². The quantitative estimate of drug-likeness (QED) is 0.798. The van der Waals surface area contributed by atoms with Gasteiger partial charge in [0.2, 0.25) is 0 Å². The Morgan fingerprint density at radius 2 is 1.94 bits per heavy atom. The predicted octanol–water partition coefficient (Wildman–Crippen LogP) is 3.56. The Hall–Kier alpha value is -1.09. The third kappa shape index (κ3) is 4.30. The first-order valence-corrected chi connectivity index (χ1v) is 6.85. The third-order valence-corrected chi connectivity index (χ3v) is 2.94. The van der Waals surface area contributed by atoms with E-state index in [1.807, 2.05) is 0 Å². The SMILES string of the molecule is CCCN(c1cc(F)cc(CNCC)c1)C(C)C. The topological polar surface area (TPSA) is 15.3 Å². The summed E-state index contributed by atoms with van der Waals surface area (Å²) in [6, 6.07) is 5.71. The van der Waals surface area contributed by atoms with Crippen LogP contribution in [0.15, 0.2) is 18.2 Å². The van der Waals surface area contributed by atoms with Gasteiger partial charge in [-0.3, -0.25) is 0 Å². The molecule has 102 valence electrons. The maximum atomic E-state index is 13.7. The molecule has 0 aliphatic rings. The van der Waals surface area contributed by atoms with Gasteiger partial charge in [0.1, 0.15) is 5.82 Å². The molecule has 0 saturated carbocycles. The van der Waals surface area contributed by atoms with Crippen LogP contribution >= 0.6 is 0 Å². The molecular formula is C15H25FN2. The van der Waals surface area contributed by atoms with E-state index in [9.17, 15) is 4.39 Å². The number of nitrogens with one attached hydrogen (secondary N) is 1. The van der Waals surface area contributed by atoms with E-state index in [-0.39, 0.29) is 5.82 Å². The van der Waals surface area contributed by atoms with Crippen LogP contribution < -0.4 is 10.2 Å². The van der Waals surface area contributed by atoms with Crippen LogP contribution in [0.5, 0.6) is 0 Å².